The van der Waals surface area contributed by atoms with Crippen molar-refractivity contribution in [2.45, 2.75) is 19.1 Å². The highest BCUT2D eigenvalue weighted by molar-refractivity contribution is 7.85. The molecule has 0 aliphatic rings. The van der Waals surface area contributed by atoms with Crippen molar-refractivity contribution < 1.29 is 27.6 Å². The number of hydrogen-bond acceptors (Lipinski definition) is 5. The van der Waals surface area contributed by atoms with Crippen LogP contribution < -0.4 is 5.56 Å². The van der Waals surface area contributed by atoms with Gasteiger partial charge >= 0.3 is 5.97 Å². The molecular weight excluding hydrogens is 352 g/mol. The summed E-state index contributed by atoms with van der Waals surface area (Å²) in [6, 6.07) is 9.67. The number of unbranched alkanes of at least 4 members (excludes halogenated alkanes) is 1. The number of aromatic nitrogens is 2. The third-order valence-corrected chi connectivity index (χ3v) is 4.17. The number of rotatable bonds is 9. The van der Waals surface area contributed by atoms with E-state index in [4.69, 9.17) is 14.4 Å². The van der Waals surface area contributed by atoms with Gasteiger partial charge < -0.3 is 9.84 Å². The topological polar surface area (TPSA) is 139 Å². The molecule has 0 saturated carbocycles. The fourth-order valence-corrected chi connectivity index (χ4v) is 2.78. The third-order valence-electron chi connectivity index (χ3n) is 3.37. The largest absolute Gasteiger partial charge is 0.477 e. The molecule has 1 unspecified atom stereocenters. The minimum absolute atomic E-state index is 0.114. The van der Waals surface area contributed by atoms with Crippen molar-refractivity contribution in [3.05, 3.63) is 58.0 Å². The number of aromatic amines is 1. The molecule has 3 N–H and O–H groups in total. The first-order chi connectivity index (χ1) is 11.8. The van der Waals surface area contributed by atoms with E-state index in [1.54, 1.807) is 30.3 Å². The number of H-pyrrole nitrogens is 1. The molecule has 0 amide bonds. The Hall–Kier alpha value is -2.43. The summed E-state index contributed by atoms with van der Waals surface area (Å²) in [5.74, 6) is -1.64. The van der Waals surface area contributed by atoms with E-state index in [9.17, 15) is 18.0 Å². The Morgan fingerprint density at radius 3 is 2.48 bits per heavy atom. The number of benzene rings is 1. The Bertz CT molecular complexity index is 871. The molecule has 0 fully saturated rings. The number of nitrogens with zero attached hydrogens (tertiary/aromatic N) is 1. The minimum atomic E-state index is -4.02. The Morgan fingerprint density at radius 1 is 1.24 bits per heavy atom. The molecule has 0 bridgehead atoms. The monoisotopic (exact) mass is 370 g/mol. The molecule has 0 aliphatic heterocycles. The van der Waals surface area contributed by atoms with Gasteiger partial charge in [0.05, 0.1) is 5.75 Å². The number of carboxylic acid groups (broad SMARTS) is 1. The maximum Gasteiger partial charge on any atom is 0.353 e. The van der Waals surface area contributed by atoms with E-state index in [1.165, 1.54) is 0 Å². The first-order valence-corrected chi connectivity index (χ1v) is 9.05. The first-order valence-electron chi connectivity index (χ1n) is 7.44. The maximum absolute atomic E-state index is 12.1. The summed E-state index contributed by atoms with van der Waals surface area (Å²) in [6.07, 6.45) is -0.349. The van der Waals surface area contributed by atoms with E-state index in [0.29, 0.717) is 12.0 Å². The van der Waals surface area contributed by atoms with E-state index in [1.807, 2.05) is 0 Å². The highest BCUT2D eigenvalue weighted by atomic mass is 32.2. The lowest BCUT2D eigenvalue weighted by atomic mass is 10.2. The van der Waals surface area contributed by atoms with Crippen molar-refractivity contribution in [3.63, 3.8) is 0 Å². The second kappa shape index (κ2) is 8.10. The van der Waals surface area contributed by atoms with Crippen molar-refractivity contribution >= 4 is 16.1 Å². The SMILES string of the molecule is O=C(O)c1cc(=O)n(C(OCCCCS(=O)(=O)O)c2ccccc2)[nH]1. The molecule has 25 heavy (non-hydrogen) atoms. The fourth-order valence-electron chi connectivity index (χ4n) is 2.21. The summed E-state index contributed by atoms with van der Waals surface area (Å²) >= 11 is 0. The third kappa shape index (κ3) is 5.55. The molecule has 0 spiro atoms. The molecule has 0 aliphatic carbocycles. The number of ether oxygens (including phenoxy) is 1. The second-order valence-electron chi connectivity index (χ2n) is 5.31. The molecule has 1 aromatic carbocycles. The van der Waals surface area contributed by atoms with Gasteiger partial charge in [-0.25, -0.2) is 9.48 Å². The molecule has 0 radical (unpaired) electrons. The summed E-state index contributed by atoms with van der Waals surface area (Å²) in [5, 5.41) is 11.5. The number of carboxylic acids is 1. The van der Waals surface area contributed by atoms with Gasteiger partial charge in [0, 0.05) is 18.2 Å². The van der Waals surface area contributed by atoms with E-state index in [2.05, 4.69) is 5.10 Å². The van der Waals surface area contributed by atoms with Gasteiger partial charge in [-0.1, -0.05) is 30.3 Å². The molecular formula is C15H18N2O7S. The van der Waals surface area contributed by atoms with Crippen LogP contribution in [0.4, 0.5) is 0 Å². The zero-order chi connectivity index (χ0) is 18.4. The molecule has 0 saturated heterocycles. The zero-order valence-corrected chi connectivity index (χ0v) is 14.0. The van der Waals surface area contributed by atoms with Crippen molar-refractivity contribution in [1.29, 1.82) is 0 Å². The Balaban J connectivity index is 2.15. The lowest BCUT2D eigenvalue weighted by Gasteiger charge is -2.19. The molecule has 1 aromatic heterocycles. The smallest absolute Gasteiger partial charge is 0.353 e. The van der Waals surface area contributed by atoms with Crippen LogP contribution >= 0.6 is 0 Å². The molecule has 1 heterocycles. The summed E-state index contributed by atoms with van der Waals surface area (Å²) in [5.41, 5.74) is -0.205. The number of aromatic carboxylic acids is 1. The van der Waals surface area contributed by atoms with Crippen molar-refractivity contribution in [2.24, 2.45) is 0 Å². The molecule has 10 heteroatoms. The van der Waals surface area contributed by atoms with Gasteiger partial charge in [-0.2, -0.15) is 8.42 Å². The van der Waals surface area contributed by atoms with Gasteiger partial charge in [-0.15, -0.1) is 0 Å². The fraction of sp³-hybridized carbons (Fsp3) is 0.333. The average molecular weight is 370 g/mol. The van der Waals surface area contributed by atoms with E-state index in [-0.39, 0.29) is 24.5 Å². The number of nitrogens with one attached hydrogen (secondary N) is 1. The van der Waals surface area contributed by atoms with Crippen LogP contribution in [0.3, 0.4) is 0 Å². The summed E-state index contributed by atoms with van der Waals surface area (Å²) in [6.45, 7) is 0.114. The normalized spacial score (nSPS) is 12.8. The van der Waals surface area contributed by atoms with Gasteiger partial charge in [-0.05, 0) is 12.8 Å². The van der Waals surface area contributed by atoms with E-state index in [0.717, 1.165) is 10.7 Å². The molecule has 2 rings (SSSR count). The van der Waals surface area contributed by atoms with Gasteiger partial charge in [0.15, 0.2) is 6.23 Å². The number of hydrogen-bond donors (Lipinski definition) is 3. The van der Waals surface area contributed by atoms with Crippen LogP contribution in [0.1, 0.15) is 35.1 Å². The Labute approximate surface area is 143 Å². The summed E-state index contributed by atoms with van der Waals surface area (Å²) in [4.78, 5) is 23.1. The highest BCUT2D eigenvalue weighted by Gasteiger charge is 2.19. The number of carbonyl (C=O) groups is 1. The highest BCUT2D eigenvalue weighted by Crippen LogP contribution is 2.18. The van der Waals surface area contributed by atoms with E-state index < -0.39 is 27.9 Å². The molecule has 9 nitrogen and oxygen atoms in total. The van der Waals surface area contributed by atoms with Crippen LogP contribution in [0, 0.1) is 0 Å². The predicted octanol–water partition coefficient (Wildman–Crippen LogP) is 1.11. The van der Waals surface area contributed by atoms with Gasteiger partial charge in [-0.3, -0.25) is 14.4 Å². The standard InChI is InChI=1S/C15H18N2O7S/c18-13-10-12(15(19)20)16-17(13)14(11-6-2-1-3-7-11)24-8-4-5-9-25(21,22)23/h1-3,6-7,10,14,16H,4-5,8-9H2,(H,19,20)(H,21,22,23). The predicted molar refractivity (Wildman–Crippen MR) is 88.2 cm³/mol. The second-order valence-corrected chi connectivity index (χ2v) is 6.88. The molecule has 136 valence electrons. The van der Waals surface area contributed by atoms with Gasteiger partial charge in [0.2, 0.25) is 0 Å². The van der Waals surface area contributed by atoms with Gasteiger partial charge in [0.25, 0.3) is 15.7 Å². The van der Waals surface area contributed by atoms with Crippen LogP contribution in [0.15, 0.2) is 41.2 Å². The Morgan fingerprint density at radius 2 is 1.92 bits per heavy atom. The van der Waals surface area contributed by atoms with Crippen molar-refractivity contribution in [1.82, 2.24) is 9.78 Å². The van der Waals surface area contributed by atoms with Crippen LogP contribution in [0.25, 0.3) is 0 Å². The Kier molecular flexibility index (Phi) is 6.12. The van der Waals surface area contributed by atoms with Crippen LogP contribution in [0.2, 0.25) is 0 Å². The van der Waals surface area contributed by atoms with Crippen molar-refractivity contribution in [3.8, 4) is 0 Å². The van der Waals surface area contributed by atoms with Crippen LogP contribution in [0.5, 0.6) is 0 Å². The molecule has 2 aromatic rings. The van der Waals surface area contributed by atoms with Crippen LogP contribution in [-0.4, -0.2) is 46.2 Å². The zero-order valence-electron chi connectivity index (χ0n) is 13.2. The maximum atomic E-state index is 12.1. The lowest BCUT2D eigenvalue weighted by Crippen LogP contribution is -2.25. The first kappa shape index (κ1) is 18.9. The summed E-state index contributed by atoms with van der Waals surface area (Å²) < 4.78 is 36.8. The van der Waals surface area contributed by atoms with Gasteiger partial charge in [0.1, 0.15) is 5.69 Å². The quantitative estimate of drug-likeness (QED) is 0.444. The minimum Gasteiger partial charge on any atom is -0.477 e. The van der Waals surface area contributed by atoms with Crippen LogP contribution in [-0.2, 0) is 14.9 Å². The van der Waals surface area contributed by atoms with E-state index >= 15 is 0 Å². The molecule has 1 atom stereocenters. The van der Waals surface area contributed by atoms with Crippen molar-refractivity contribution in [2.75, 3.05) is 12.4 Å². The lowest BCUT2D eigenvalue weighted by molar-refractivity contribution is 0.0195. The average Bonchev–Trinajstić information content (AvgIpc) is 2.93. The summed E-state index contributed by atoms with van der Waals surface area (Å²) in [7, 11) is -4.02.